The minimum atomic E-state index is -0.238. The topological polar surface area (TPSA) is 39.1 Å². The van der Waals surface area contributed by atoms with E-state index in [9.17, 15) is 0 Å². The molecule has 1 aromatic heterocycles. The third-order valence-corrected chi connectivity index (χ3v) is 2.57. The van der Waals surface area contributed by atoms with Crippen LogP contribution in [0.1, 0.15) is 25.5 Å². The van der Waals surface area contributed by atoms with Gasteiger partial charge in [-0.1, -0.05) is 0 Å². The second kappa shape index (κ2) is 4.11. The third-order valence-electron chi connectivity index (χ3n) is 2.57. The van der Waals surface area contributed by atoms with E-state index < -0.39 is 0 Å². The molecule has 0 aliphatic carbocycles. The standard InChI is InChI=1S/C10H19N3O/c1-10(2,14-5)9(11-3)8-6-12-13(4)7-8/h6-7,9,11H,1-5H3. The Morgan fingerprint density at radius 3 is 2.57 bits per heavy atom. The molecule has 1 atom stereocenters. The summed E-state index contributed by atoms with van der Waals surface area (Å²) in [6, 6.07) is 0.154. The molecule has 80 valence electrons. The highest BCUT2D eigenvalue weighted by atomic mass is 16.5. The molecule has 14 heavy (non-hydrogen) atoms. The summed E-state index contributed by atoms with van der Waals surface area (Å²) < 4.78 is 7.25. The predicted octanol–water partition coefficient (Wildman–Crippen LogP) is 1.11. The average Bonchev–Trinajstić information content (AvgIpc) is 2.53. The van der Waals surface area contributed by atoms with Crippen LogP contribution in [0, 0.1) is 0 Å². The Hall–Kier alpha value is -0.870. The van der Waals surface area contributed by atoms with Gasteiger partial charge < -0.3 is 10.1 Å². The van der Waals surface area contributed by atoms with E-state index >= 15 is 0 Å². The maximum atomic E-state index is 5.45. The first kappa shape index (κ1) is 11.2. The van der Waals surface area contributed by atoms with Gasteiger partial charge in [0.1, 0.15) is 0 Å². The van der Waals surface area contributed by atoms with Gasteiger partial charge in [0.15, 0.2) is 0 Å². The summed E-state index contributed by atoms with van der Waals surface area (Å²) in [5, 5.41) is 7.40. The van der Waals surface area contributed by atoms with E-state index in [4.69, 9.17) is 4.74 Å². The quantitative estimate of drug-likeness (QED) is 0.785. The number of nitrogens with one attached hydrogen (secondary N) is 1. The van der Waals surface area contributed by atoms with Crippen LogP contribution in [0.3, 0.4) is 0 Å². The van der Waals surface area contributed by atoms with Crippen LogP contribution in [-0.4, -0.2) is 29.5 Å². The minimum absolute atomic E-state index is 0.154. The Balaban J connectivity index is 2.92. The number of aryl methyl sites for hydroxylation is 1. The molecule has 1 aromatic rings. The van der Waals surface area contributed by atoms with Crippen molar-refractivity contribution in [3.8, 4) is 0 Å². The number of ether oxygens (including phenoxy) is 1. The first-order valence-electron chi connectivity index (χ1n) is 4.72. The molecule has 0 amide bonds. The monoisotopic (exact) mass is 197 g/mol. The number of hydrogen-bond acceptors (Lipinski definition) is 3. The fraction of sp³-hybridized carbons (Fsp3) is 0.700. The van der Waals surface area contributed by atoms with Crippen LogP contribution >= 0.6 is 0 Å². The fourth-order valence-electron chi connectivity index (χ4n) is 1.62. The maximum absolute atomic E-state index is 5.45. The van der Waals surface area contributed by atoms with E-state index in [1.54, 1.807) is 11.8 Å². The van der Waals surface area contributed by atoms with Gasteiger partial charge in [-0.15, -0.1) is 0 Å². The van der Waals surface area contributed by atoms with Crippen molar-refractivity contribution in [2.24, 2.45) is 7.05 Å². The molecule has 1 N–H and O–H groups in total. The van der Waals surface area contributed by atoms with Gasteiger partial charge in [-0.25, -0.2) is 0 Å². The van der Waals surface area contributed by atoms with E-state index in [-0.39, 0.29) is 11.6 Å². The van der Waals surface area contributed by atoms with Crippen molar-refractivity contribution in [3.05, 3.63) is 18.0 Å². The lowest BCUT2D eigenvalue weighted by Gasteiger charge is -2.32. The number of likely N-dealkylation sites (N-methyl/N-ethyl adjacent to an activating group) is 1. The van der Waals surface area contributed by atoms with Crippen LogP contribution in [0.25, 0.3) is 0 Å². The van der Waals surface area contributed by atoms with E-state index in [0.717, 1.165) is 5.56 Å². The van der Waals surface area contributed by atoms with Crippen molar-refractivity contribution >= 4 is 0 Å². The molecule has 0 aliphatic heterocycles. The lowest BCUT2D eigenvalue weighted by molar-refractivity contribution is -0.00900. The SMILES string of the molecule is CNC(c1cnn(C)c1)C(C)(C)OC. The van der Waals surface area contributed by atoms with Gasteiger partial charge in [0, 0.05) is 25.9 Å². The van der Waals surface area contributed by atoms with Crippen LogP contribution < -0.4 is 5.32 Å². The zero-order valence-electron chi connectivity index (χ0n) is 9.53. The van der Waals surface area contributed by atoms with Crippen LogP contribution in [0.2, 0.25) is 0 Å². The van der Waals surface area contributed by atoms with Gasteiger partial charge in [-0.2, -0.15) is 5.10 Å². The van der Waals surface area contributed by atoms with E-state index in [2.05, 4.69) is 24.3 Å². The molecular formula is C10H19N3O. The summed E-state index contributed by atoms with van der Waals surface area (Å²) >= 11 is 0. The molecule has 0 spiro atoms. The average molecular weight is 197 g/mol. The molecule has 0 aromatic carbocycles. The van der Waals surface area contributed by atoms with Gasteiger partial charge >= 0.3 is 0 Å². The molecule has 0 saturated carbocycles. The summed E-state index contributed by atoms with van der Waals surface area (Å²) in [6.45, 7) is 4.11. The Morgan fingerprint density at radius 2 is 2.21 bits per heavy atom. The van der Waals surface area contributed by atoms with Crippen molar-refractivity contribution in [2.75, 3.05) is 14.2 Å². The third kappa shape index (κ3) is 2.13. The predicted molar refractivity (Wildman–Crippen MR) is 56.1 cm³/mol. The summed E-state index contributed by atoms with van der Waals surface area (Å²) in [5.41, 5.74) is 0.902. The first-order valence-corrected chi connectivity index (χ1v) is 4.72. The van der Waals surface area contributed by atoms with Crippen molar-refractivity contribution in [1.29, 1.82) is 0 Å². The summed E-state index contributed by atoms with van der Waals surface area (Å²) in [6.07, 6.45) is 3.86. The van der Waals surface area contributed by atoms with Crippen molar-refractivity contribution in [3.63, 3.8) is 0 Å². The molecule has 4 heteroatoms. The molecule has 0 bridgehead atoms. The highest BCUT2D eigenvalue weighted by Gasteiger charge is 2.30. The number of methoxy groups -OCH3 is 1. The Morgan fingerprint density at radius 1 is 1.57 bits per heavy atom. The lowest BCUT2D eigenvalue weighted by atomic mass is 9.94. The van der Waals surface area contributed by atoms with Crippen molar-refractivity contribution in [2.45, 2.75) is 25.5 Å². The second-order valence-corrected chi connectivity index (χ2v) is 3.98. The molecule has 1 unspecified atom stereocenters. The van der Waals surface area contributed by atoms with Gasteiger partial charge in [-0.05, 0) is 20.9 Å². The number of aromatic nitrogens is 2. The summed E-state index contributed by atoms with van der Waals surface area (Å²) in [4.78, 5) is 0. The summed E-state index contributed by atoms with van der Waals surface area (Å²) in [7, 11) is 5.56. The van der Waals surface area contributed by atoms with Crippen LogP contribution in [0.4, 0.5) is 0 Å². The molecule has 0 aliphatic rings. The van der Waals surface area contributed by atoms with Gasteiger partial charge in [0.2, 0.25) is 0 Å². The van der Waals surface area contributed by atoms with E-state index in [0.29, 0.717) is 0 Å². The lowest BCUT2D eigenvalue weighted by Crippen LogP contribution is -2.39. The van der Waals surface area contributed by atoms with Crippen molar-refractivity contribution < 1.29 is 4.74 Å². The van der Waals surface area contributed by atoms with Crippen molar-refractivity contribution in [1.82, 2.24) is 15.1 Å². The normalized spacial score (nSPS) is 14.4. The van der Waals surface area contributed by atoms with Gasteiger partial charge in [0.05, 0.1) is 17.8 Å². The van der Waals surface area contributed by atoms with Crippen LogP contribution in [0.5, 0.6) is 0 Å². The Labute approximate surface area is 85.3 Å². The molecule has 0 fully saturated rings. The smallest absolute Gasteiger partial charge is 0.0817 e. The maximum Gasteiger partial charge on any atom is 0.0817 e. The second-order valence-electron chi connectivity index (χ2n) is 3.98. The molecular weight excluding hydrogens is 178 g/mol. The van der Waals surface area contributed by atoms with Crippen LogP contribution in [-0.2, 0) is 11.8 Å². The first-order chi connectivity index (χ1) is 6.51. The zero-order valence-corrected chi connectivity index (χ0v) is 9.53. The number of hydrogen-bond donors (Lipinski definition) is 1. The highest BCUT2D eigenvalue weighted by Crippen LogP contribution is 2.27. The minimum Gasteiger partial charge on any atom is -0.377 e. The Bertz CT molecular complexity index is 293. The molecule has 1 rings (SSSR count). The largest absolute Gasteiger partial charge is 0.377 e. The number of rotatable bonds is 4. The van der Waals surface area contributed by atoms with Crippen LogP contribution in [0.15, 0.2) is 12.4 Å². The van der Waals surface area contributed by atoms with Gasteiger partial charge in [0.25, 0.3) is 0 Å². The molecule has 0 radical (unpaired) electrons. The zero-order chi connectivity index (χ0) is 10.8. The molecule has 4 nitrogen and oxygen atoms in total. The fourth-order valence-corrected chi connectivity index (χ4v) is 1.62. The highest BCUT2D eigenvalue weighted by molar-refractivity contribution is 5.14. The van der Waals surface area contributed by atoms with E-state index in [1.807, 2.05) is 26.5 Å². The number of nitrogens with zero attached hydrogens (tertiary/aromatic N) is 2. The summed E-state index contributed by atoms with van der Waals surface area (Å²) in [5.74, 6) is 0. The van der Waals surface area contributed by atoms with E-state index in [1.165, 1.54) is 0 Å². The molecule has 1 heterocycles. The molecule has 0 saturated heterocycles. The van der Waals surface area contributed by atoms with Gasteiger partial charge in [-0.3, -0.25) is 4.68 Å². The Kier molecular flexibility index (Phi) is 3.29.